The van der Waals surface area contributed by atoms with Crippen molar-refractivity contribution in [1.82, 2.24) is 19.9 Å². The van der Waals surface area contributed by atoms with Crippen molar-refractivity contribution in [3.63, 3.8) is 0 Å². The first-order valence-electron chi connectivity index (χ1n) is 13.2. The van der Waals surface area contributed by atoms with Crippen LogP contribution in [-0.2, 0) is 6.54 Å². The lowest BCUT2D eigenvalue weighted by atomic mass is 10.0. The maximum absolute atomic E-state index is 12.6. The van der Waals surface area contributed by atoms with E-state index in [1.54, 1.807) is 0 Å². The van der Waals surface area contributed by atoms with Crippen LogP contribution in [0.2, 0.25) is 0 Å². The molecule has 1 aliphatic heterocycles. The van der Waals surface area contributed by atoms with Crippen LogP contribution in [0.3, 0.4) is 0 Å². The van der Waals surface area contributed by atoms with Crippen molar-refractivity contribution in [3.05, 3.63) is 114 Å². The highest BCUT2D eigenvalue weighted by atomic mass is 16.1. The second kappa shape index (κ2) is 11.0. The molecular formula is C32H30N6O. The minimum atomic E-state index is -0.113. The summed E-state index contributed by atoms with van der Waals surface area (Å²) >= 11 is 0. The molecule has 0 saturated carbocycles. The highest BCUT2D eigenvalue weighted by Gasteiger charge is 2.19. The molecule has 1 amide bonds. The molecule has 6 rings (SSSR count). The largest absolute Gasteiger partial charge is 0.353 e. The molecule has 2 aromatic heterocycles. The molecule has 1 aliphatic rings. The molecule has 5 aromatic rings. The molecule has 0 atom stereocenters. The molecule has 0 unspecified atom stereocenters. The van der Waals surface area contributed by atoms with Crippen molar-refractivity contribution in [3.8, 4) is 11.1 Å². The number of nitrogens with one attached hydrogen (secondary N) is 1. The van der Waals surface area contributed by atoms with Crippen molar-refractivity contribution in [2.75, 3.05) is 36.4 Å². The fraction of sp³-hybridized carbons (Fsp3) is 0.188. The van der Waals surface area contributed by atoms with Gasteiger partial charge in [0.15, 0.2) is 0 Å². The Morgan fingerprint density at radius 1 is 0.846 bits per heavy atom. The molecule has 7 heteroatoms. The Bertz CT molecular complexity index is 1590. The van der Waals surface area contributed by atoms with E-state index in [1.807, 2.05) is 86.2 Å². The molecule has 39 heavy (non-hydrogen) atoms. The number of piperazine rings is 1. The summed E-state index contributed by atoms with van der Waals surface area (Å²) in [5.74, 6) is 0.799. The number of anilines is 2. The van der Waals surface area contributed by atoms with Gasteiger partial charge >= 0.3 is 0 Å². The van der Waals surface area contributed by atoms with Crippen molar-refractivity contribution < 1.29 is 4.79 Å². The summed E-state index contributed by atoms with van der Waals surface area (Å²) in [5, 5.41) is 2.98. The first kappa shape index (κ1) is 24.7. The van der Waals surface area contributed by atoms with Crippen LogP contribution in [0.5, 0.6) is 0 Å². The van der Waals surface area contributed by atoms with Gasteiger partial charge in [0.2, 0.25) is 0 Å². The van der Waals surface area contributed by atoms with Gasteiger partial charge in [-0.1, -0.05) is 42.0 Å². The fourth-order valence-electron chi connectivity index (χ4n) is 4.95. The van der Waals surface area contributed by atoms with Gasteiger partial charge in [0.1, 0.15) is 5.82 Å². The van der Waals surface area contributed by atoms with E-state index >= 15 is 0 Å². The monoisotopic (exact) mass is 514 g/mol. The van der Waals surface area contributed by atoms with Crippen LogP contribution in [0.1, 0.15) is 21.5 Å². The zero-order chi connectivity index (χ0) is 26.6. The fourth-order valence-corrected chi connectivity index (χ4v) is 4.95. The predicted molar refractivity (Wildman–Crippen MR) is 156 cm³/mol. The number of carbonyl (C=O) groups is 1. The number of carbonyl (C=O) groups excluding carboxylic acids is 1. The summed E-state index contributed by atoms with van der Waals surface area (Å²) < 4.78 is 0. The maximum Gasteiger partial charge on any atom is 0.255 e. The number of aromatic nitrogens is 3. The van der Waals surface area contributed by atoms with Gasteiger partial charge in [0.05, 0.1) is 17.2 Å². The summed E-state index contributed by atoms with van der Waals surface area (Å²) in [6.07, 6.45) is 5.63. The number of pyridine rings is 1. The molecule has 7 nitrogen and oxygen atoms in total. The molecule has 0 radical (unpaired) electrons. The number of hydrogen-bond acceptors (Lipinski definition) is 6. The third-order valence-corrected chi connectivity index (χ3v) is 7.11. The molecule has 1 saturated heterocycles. The van der Waals surface area contributed by atoms with Crippen LogP contribution in [0.25, 0.3) is 22.2 Å². The van der Waals surface area contributed by atoms with E-state index in [9.17, 15) is 4.79 Å². The Morgan fingerprint density at radius 2 is 1.67 bits per heavy atom. The quantitative estimate of drug-likeness (QED) is 0.319. The van der Waals surface area contributed by atoms with Gasteiger partial charge in [0, 0.05) is 56.4 Å². The Kier molecular flexibility index (Phi) is 6.97. The lowest BCUT2D eigenvalue weighted by molar-refractivity contribution is 0.102. The molecule has 1 fully saturated rings. The standard InChI is InChI=1S/C32H30N6O/c1-23-4-2-6-27(18-23)32(39)35-28-10-7-25(8-11-28)26-9-12-29-30(19-26)36-31(21-34-29)38-16-14-37(15-17-38)22-24-5-3-13-33-20-24/h2-13,18-21H,14-17,22H2,1H3,(H,35,39). The molecule has 0 spiro atoms. The van der Waals surface area contributed by atoms with Gasteiger partial charge in [-0.3, -0.25) is 19.7 Å². The van der Waals surface area contributed by atoms with E-state index in [4.69, 9.17) is 4.98 Å². The van der Waals surface area contributed by atoms with Gasteiger partial charge in [-0.2, -0.15) is 0 Å². The van der Waals surface area contributed by atoms with Crippen LogP contribution in [0.4, 0.5) is 11.5 Å². The number of amides is 1. The van der Waals surface area contributed by atoms with E-state index in [0.717, 1.165) is 72.0 Å². The average molecular weight is 515 g/mol. The Balaban J connectivity index is 1.13. The highest BCUT2D eigenvalue weighted by molar-refractivity contribution is 6.04. The number of aryl methyl sites for hydroxylation is 1. The Labute approximate surface area is 228 Å². The average Bonchev–Trinajstić information content (AvgIpc) is 2.98. The number of hydrogen-bond donors (Lipinski definition) is 1. The van der Waals surface area contributed by atoms with Crippen molar-refractivity contribution in [2.45, 2.75) is 13.5 Å². The minimum absolute atomic E-state index is 0.113. The molecule has 1 N–H and O–H groups in total. The van der Waals surface area contributed by atoms with Crippen LogP contribution < -0.4 is 10.2 Å². The van der Waals surface area contributed by atoms with Gasteiger partial charge < -0.3 is 10.2 Å². The van der Waals surface area contributed by atoms with Crippen LogP contribution >= 0.6 is 0 Å². The SMILES string of the molecule is Cc1cccc(C(=O)Nc2ccc(-c3ccc4ncc(N5CCN(Cc6cccnc6)CC5)nc4c3)cc2)c1. The van der Waals surface area contributed by atoms with Crippen molar-refractivity contribution >= 4 is 28.4 Å². The lowest BCUT2D eigenvalue weighted by Gasteiger charge is -2.35. The van der Waals surface area contributed by atoms with Gasteiger partial charge in [-0.25, -0.2) is 4.98 Å². The third-order valence-electron chi connectivity index (χ3n) is 7.11. The first-order chi connectivity index (χ1) is 19.1. The van der Waals surface area contributed by atoms with E-state index in [-0.39, 0.29) is 5.91 Å². The summed E-state index contributed by atoms with van der Waals surface area (Å²) in [6, 6.07) is 25.8. The number of benzene rings is 3. The first-order valence-corrected chi connectivity index (χ1v) is 13.2. The van der Waals surface area contributed by atoms with Crippen LogP contribution in [0.15, 0.2) is 97.5 Å². The number of rotatable bonds is 6. The van der Waals surface area contributed by atoms with E-state index in [1.165, 1.54) is 5.56 Å². The smallest absolute Gasteiger partial charge is 0.255 e. The second-order valence-corrected chi connectivity index (χ2v) is 9.96. The topological polar surface area (TPSA) is 74.2 Å². The van der Waals surface area contributed by atoms with Crippen LogP contribution in [0, 0.1) is 6.92 Å². The van der Waals surface area contributed by atoms with Crippen molar-refractivity contribution in [1.29, 1.82) is 0 Å². The maximum atomic E-state index is 12.6. The molecular weight excluding hydrogens is 484 g/mol. The third kappa shape index (κ3) is 5.78. The Hall–Kier alpha value is -4.62. The predicted octanol–water partition coefficient (Wildman–Crippen LogP) is 5.57. The zero-order valence-electron chi connectivity index (χ0n) is 21.9. The van der Waals surface area contributed by atoms with Crippen LogP contribution in [-0.4, -0.2) is 51.9 Å². The van der Waals surface area contributed by atoms with Gasteiger partial charge in [-0.15, -0.1) is 0 Å². The summed E-state index contributed by atoms with van der Waals surface area (Å²) in [6.45, 7) is 6.67. The highest BCUT2D eigenvalue weighted by Crippen LogP contribution is 2.26. The normalized spacial score (nSPS) is 13.9. The number of nitrogens with zero attached hydrogens (tertiary/aromatic N) is 5. The van der Waals surface area contributed by atoms with Gasteiger partial charge in [0.25, 0.3) is 5.91 Å². The summed E-state index contributed by atoms with van der Waals surface area (Å²) in [4.78, 5) is 31.2. The molecule has 3 aromatic carbocycles. The van der Waals surface area contributed by atoms with Gasteiger partial charge in [-0.05, 0) is 66.1 Å². The van der Waals surface area contributed by atoms with E-state index in [2.05, 4.69) is 43.3 Å². The molecule has 194 valence electrons. The second-order valence-electron chi connectivity index (χ2n) is 9.96. The lowest BCUT2D eigenvalue weighted by Crippen LogP contribution is -2.46. The molecule has 0 bridgehead atoms. The van der Waals surface area contributed by atoms with E-state index < -0.39 is 0 Å². The Morgan fingerprint density at radius 3 is 2.44 bits per heavy atom. The zero-order valence-corrected chi connectivity index (χ0v) is 21.9. The summed E-state index contributed by atoms with van der Waals surface area (Å²) in [7, 11) is 0. The molecule has 0 aliphatic carbocycles. The summed E-state index contributed by atoms with van der Waals surface area (Å²) in [5.41, 5.74) is 7.58. The van der Waals surface area contributed by atoms with E-state index in [0.29, 0.717) is 5.56 Å². The van der Waals surface area contributed by atoms with Crippen molar-refractivity contribution in [2.24, 2.45) is 0 Å². The molecule has 3 heterocycles. The minimum Gasteiger partial charge on any atom is -0.353 e. The number of fused-ring (bicyclic) bond motifs is 1.